The summed E-state index contributed by atoms with van der Waals surface area (Å²) in [5.74, 6) is -0.312. The van der Waals surface area contributed by atoms with E-state index >= 15 is 0 Å². The molecule has 1 unspecified atom stereocenters. The van der Waals surface area contributed by atoms with Gasteiger partial charge in [0, 0.05) is 18.8 Å². The molecule has 1 aliphatic heterocycles. The summed E-state index contributed by atoms with van der Waals surface area (Å²) in [5.41, 5.74) is 7.88. The fourth-order valence-corrected chi connectivity index (χ4v) is 2.77. The van der Waals surface area contributed by atoms with Gasteiger partial charge in [-0.3, -0.25) is 4.79 Å². The van der Waals surface area contributed by atoms with Crippen LogP contribution < -0.4 is 10.6 Å². The van der Waals surface area contributed by atoms with E-state index in [0.29, 0.717) is 13.0 Å². The van der Waals surface area contributed by atoms with Gasteiger partial charge in [-0.25, -0.2) is 0 Å². The molecule has 0 saturated heterocycles. The summed E-state index contributed by atoms with van der Waals surface area (Å²) >= 11 is 0. The second kappa shape index (κ2) is 6.94. The number of nitrogens with two attached hydrogens (primary N) is 1. The number of para-hydroxylation sites is 1. The molecule has 21 heavy (non-hydrogen) atoms. The van der Waals surface area contributed by atoms with E-state index in [4.69, 9.17) is 10.5 Å². The molecule has 1 heterocycles. The Morgan fingerprint density at radius 2 is 2.14 bits per heavy atom. The van der Waals surface area contributed by atoms with Crippen LogP contribution in [0.3, 0.4) is 0 Å². The molecule has 0 saturated carbocycles. The van der Waals surface area contributed by atoms with Gasteiger partial charge in [0.2, 0.25) is 0 Å². The molecule has 1 aromatic carbocycles. The highest BCUT2D eigenvalue weighted by Gasteiger charge is 2.30. The van der Waals surface area contributed by atoms with Crippen LogP contribution in [0.2, 0.25) is 0 Å². The zero-order valence-corrected chi connectivity index (χ0v) is 13.1. The Hall–Kier alpha value is -1.55. The molecule has 116 valence electrons. The number of esters is 1. The van der Waals surface area contributed by atoms with Gasteiger partial charge in [0.25, 0.3) is 0 Å². The predicted octanol–water partition coefficient (Wildman–Crippen LogP) is 2.50. The van der Waals surface area contributed by atoms with Gasteiger partial charge in [-0.15, -0.1) is 0 Å². The zero-order valence-electron chi connectivity index (χ0n) is 13.1. The first kappa shape index (κ1) is 15.8. The highest BCUT2D eigenvalue weighted by molar-refractivity contribution is 5.80. The quantitative estimate of drug-likeness (QED) is 0.847. The van der Waals surface area contributed by atoms with Gasteiger partial charge in [-0.2, -0.15) is 0 Å². The summed E-state index contributed by atoms with van der Waals surface area (Å²) in [5, 5.41) is 0. The van der Waals surface area contributed by atoms with Gasteiger partial charge in [0.05, 0.1) is 6.61 Å². The minimum atomic E-state index is -0.919. The molecule has 0 radical (unpaired) electrons. The fraction of sp³-hybridized carbons (Fsp3) is 0.588. The number of ether oxygens (including phenoxy) is 1. The largest absolute Gasteiger partial charge is 0.465 e. The highest BCUT2D eigenvalue weighted by atomic mass is 16.5. The summed E-state index contributed by atoms with van der Waals surface area (Å²) in [6.07, 6.45) is 4.12. The minimum Gasteiger partial charge on any atom is -0.465 e. The summed E-state index contributed by atoms with van der Waals surface area (Å²) in [7, 11) is 0. The van der Waals surface area contributed by atoms with Crippen molar-refractivity contribution < 1.29 is 9.53 Å². The van der Waals surface area contributed by atoms with Crippen molar-refractivity contribution >= 4 is 11.7 Å². The Labute approximate surface area is 127 Å². The molecule has 0 bridgehead atoms. The van der Waals surface area contributed by atoms with Crippen LogP contribution in [0.25, 0.3) is 0 Å². The van der Waals surface area contributed by atoms with E-state index in [1.807, 2.05) is 0 Å². The molecule has 2 rings (SSSR count). The standard InChI is InChI=1S/C17H26N2O2/c1-3-21-16(20)17(2,18)11-13-19-12-7-6-9-14-8-4-5-10-15(14)19/h4-5,8,10H,3,6-7,9,11-13,18H2,1-2H3. The lowest BCUT2D eigenvalue weighted by Crippen LogP contribution is -2.48. The summed E-state index contributed by atoms with van der Waals surface area (Å²) < 4.78 is 5.06. The molecule has 1 atom stereocenters. The van der Waals surface area contributed by atoms with Crippen molar-refractivity contribution in [3.63, 3.8) is 0 Å². The van der Waals surface area contributed by atoms with Crippen LogP contribution in [0.1, 0.15) is 38.7 Å². The lowest BCUT2D eigenvalue weighted by atomic mass is 9.99. The van der Waals surface area contributed by atoms with Crippen LogP contribution in [-0.2, 0) is 16.0 Å². The van der Waals surface area contributed by atoms with Crippen molar-refractivity contribution in [2.24, 2.45) is 5.73 Å². The molecule has 0 fully saturated rings. The lowest BCUT2D eigenvalue weighted by molar-refractivity contribution is -0.149. The van der Waals surface area contributed by atoms with Crippen LogP contribution in [0, 0.1) is 0 Å². The van der Waals surface area contributed by atoms with E-state index in [-0.39, 0.29) is 5.97 Å². The van der Waals surface area contributed by atoms with Gasteiger partial charge in [0.15, 0.2) is 0 Å². The summed E-state index contributed by atoms with van der Waals surface area (Å²) in [6.45, 7) is 5.74. The summed E-state index contributed by atoms with van der Waals surface area (Å²) in [6, 6.07) is 8.53. The number of anilines is 1. The molecule has 0 spiro atoms. The van der Waals surface area contributed by atoms with Crippen molar-refractivity contribution in [2.45, 2.75) is 45.1 Å². The molecule has 0 aliphatic carbocycles. The number of carbonyl (C=O) groups excluding carboxylic acids is 1. The first-order valence-electron chi connectivity index (χ1n) is 7.83. The van der Waals surface area contributed by atoms with Crippen molar-refractivity contribution in [2.75, 3.05) is 24.6 Å². The van der Waals surface area contributed by atoms with Gasteiger partial charge in [-0.05, 0) is 51.2 Å². The number of rotatable bonds is 5. The van der Waals surface area contributed by atoms with E-state index < -0.39 is 5.54 Å². The maximum atomic E-state index is 11.9. The number of carbonyl (C=O) groups is 1. The van der Waals surface area contributed by atoms with Crippen LogP contribution in [-0.4, -0.2) is 31.2 Å². The number of benzene rings is 1. The average Bonchev–Trinajstić information content (AvgIpc) is 2.68. The average molecular weight is 290 g/mol. The minimum absolute atomic E-state index is 0.312. The molecule has 2 N–H and O–H groups in total. The maximum Gasteiger partial charge on any atom is 0.325 e. The monoisotopic (exact) mass is 290 g/mol. The third-order valence-corrected chi connectivity index (χ3v) is 4.10. The topological polar surface area (TPSA) is 55.6 Å². The van der Waals surface area contributed by atoms with E-state index in [1.165, 1.54) is 24.1 Å². The van der Waals surface area contributed by atoms with Gasteiger partial charge in [-0.1, -0.05) is 18.2 Å². The molecular formula is C17H26N2O2. The van der Waals surface area contributed by atoms with E-state index in [2.05, 4.69) is 29.2 Å². The number of hydrogen-bond donors (Lipinski definition) is 1. The number of hydrogen-bond acceptors (Lipinski definition) is 4. The SMILES string of the molecule is CCOC(=O)C(C)(N)CCN1CCCCc2ccccc21. The molecule has 4 nitrogen and oxygen atoms in total. The second-order valence-corrected chi connectivity index (χ2v) is 5.96. The Kier molecular flexibility index (Phi) is 5.23. The van der Waals surface area contributed by atoms with Gasteiger partial charge >= 0.3 is 5.97 Å². The molecule has 1 aromatic rings. The second-order valence-electron chi connectivity index (χ2n) is 5.96. The lowest BCUT2D eigenvalue weighted by Gasteiger charge is -2.29. The number of fused-ring (bicyclic) bond motifs is 1. The van der Waals surface area contributed by atoms with Crippen LogP contribution in [0.15, 0.2) is 24.3 Å². The van der Waals surface area contributed by atoms with Crippen LogP contribution >= 0.6 is 0 Å². The summed E-state index contributed by atoms with van der Waals surface area (Å²) in [4.78, 5) is 14.2. The first-order valence-corrected chi connectivity index (χ1v) is 7.83. The Morgan fingerprint density at radius 1 is 1.38 bits per heavy atom. The van der Waals surface area contributed by atoms with E-state index in [9.17, 15) is 4.79 Å². The number of aryl methyl sites for hydroxylation is 1. The molecule has 1 aliphatic rings. The zero-order chi connectivity index (χ0) is 15.3. The third kappa shape index (κ3) is 3.97. The molecule has 4 heteroatoms. The van der Waals surface area contributed by atoms with Gasteiger partial charge < -0.3 is 15.4 Å². The van der Waals surface area contributed by atoms with E-state index in [0.717, 1.165) is 19.5 Å². The van der Waals surface area contributed by atoms with Gasteiger partial charge in [0.1, 0.15) is 5.54 Å². The Balaban J connectivity index is 2.04. The molecule has 0 amide bonds. The van der Waals surface area contributed by atoms with E-state index in [1.54, 1.807) is 13.8 Å². The normalized spacial score (nSPS) is 17.6. The first-order chi connectivity index (χ1) is 10.0. The van der Waals surface area contributed by atoms with Crippen LogP contribution in [0.4, 0.5) is 5.69 Å². The Morgan fingerprint density at radius 3 is 2.90 bits per heavy atom. The maximum absolute atomic E-state index is 11.9. The van der Waals surface area contributed by atoms with Crippen molar-refractivity contribution in [3.8, 4) is 0 Å². The molecular weight excluding hydrogens is 264 g/mol. The number of nitrogens with zero attached hydrogens (tertiary/aromatic N) is 1. The van der Waals surface area contributed by atoms with Crippen molar-refractivity contribution in [1.29, 1.82) is 0 Å². The Bertz CT molecular complexity index is 485. The predicted molar refractivity (Wildman–Crippen MR) is 85.4 cm³/mol. The van der Waals surface area contributed by atoms with Crippen LogP contribution in [0.5, 0.6) is 0 Å². The molecule has 0 aromatic heterocycles. The fourth-order valence-electron chi connectivity index (χ4n) is 2.77. The highest BCUT2D eigenvalue weighted by Crippen LogP contribution is 2.26. The third-order valence-electron chi connectivity index (χ3n) is 4.10. The van der Waals surface area contributed by atoms with Crippen molar-refractivity contribution in [1.82, 2.24) is 0 Å². The van der Waals surface area contributed by atoms with Crippen molar-refractivity contribution in [3.05, 3.63) is 29.8 Å². The smallest absolute Gasteiger partial charge is 0.325 e.